The minimum Gasteiger partial charge on any atom is -0.455 e. The number of halogens is 2. The van der Waals surface area contributed by atoms with Crippen LogP contribution in [0.25, 0.3) is 22.3 Å². The third kappa shape index (κ3) is 2.02. The Morgan fingerprint density at radius 1 is 1.00 bits per heavy atom. The molecule has 1 aromatic heterocycles. The standard InChI is InChI=1S/C14H8BrIO/c15-10-6-7-12-11(8-10)13(16)14(17-12)9-4-2-1-3-5-9/h1-8H. The van der Waals surface area contributed by atoms with Crippen LogP contribution in [0.15, 0.2) is 57.4 Å². The van der Waals surface area contributed by atoms with Gasteiger partial charge in [0, 0.05) is 15.4 Å². The molecule has 0 radical (unpaired) electrons. The Morgan fingerprint density at radius 3 is 2.53 bits per heavy atom. The molecule has 17 heavy (non-hydrogen) atoms. The summed E-state index contributed by atoms with van der Waals surface area (Å²) >= 11 is 5.83. The van der Waals surface area contributed by atoms with Crippen molar-refractivity contribution < 1.29 is 4.42 Å². The molecule has 0 saturated carbocycles. The summed E-state index contributed by atoms with van der Waals surface area (Å²) in [6.45, 7) is 0. The molecule has 0 saturated heterocycles. The lowest BCUT2D eigenvalue weighted by atomic mass is 10.1. The molecule has 0 spiro atoms. The molecule has 0 unspecified atom stereocenters. The zero-order chi connectivity index (χ0) is 11.8. The lowest BCUT2D eigenvalue weighted by Crippen LogP contribution is -1.75. The van der Waals surface area contributed by atoms with E-state index in [0.29, 0.717) is 0 Å². The van der Waals surface area contributed by atoms with E-state index in [-0.39, 0.29) is 0 Å². The molecule has 3 rings (SSSR count). The van der Waals surface area contributed by atoms with Crippen LogP contribution in [-0.4, -0.2) is 0 Å². The van der Waals surface area contributed by atoms with E-state index in [4.69, 9.17) is 4.42 Å². The van der Waals surface area contributed by atoms with E-state index >= 15 is 0 Å². The van der Waals surface area contributed by atoms with E-state index in [1.54, 1.807) is 0 Å². The average molecular weight is 399 g/mol. The van der Waals surface area contributed by atoms with E-state index in [1.165, 1.54) is 0 Å². The van der Waals surface area contributed by atoms with Gasteiger partial charge in [-0.2, -0.15) is 0 Å². The molecule has 0 aliphatic rings. The molecule has 0 N–H and O–H groups in total. The average Bonchev–Trinajstić information content (AvgIpc) is 2.68. The third-order valence-corrected chi connectivity index (χ3v) is 4.19. The molecule has 0 amide bonds. The van der Waals surface area contributed by atoms with Gasteiger partial charge in [-0.05, 0) is 40.8 Å². The highest BCUT2D eigenvalue weighted by Gasteiger charge is 2.13. The van der Waals surface area contributed by atoms with E-state index in [9.17, 15) is 0 Å². The first-order chi connectivity index (χ1) is 8.25. The molecule has 0 bridgehead atoms. The minimum absolute atomic E-state index is 0.927. The van der Waals surface area contributed by atoms with Crippen LogP contribution in [0.5, 0.6) is 0 Å². The molecular weight excluding hydrogens is 391 g/mol. The summed E-state index contributed by atoms with van der Waals surface area (Å²) in [5.41, 5.74) is 2.04. The van der Waals surface area contributed by atoms with Gasteiger partial charge in [0.05, 0.1) is 3.57 Å². The molecule has 2 aromatic carbocycles. The van der Waals surface area contributed by atoms with Gasteiger partial charge < -0.3 is 4.42 Å². The summed E-state index contributed by atoms with van der Waals surface area (Å²) < 4.78 is 8.14. The van der Waals surface area contributed by atoms with Crippen LogP contribution >= 0.6 is 38.5 Å². The second-order valence-electron chi connectivity index (χ2n) is 3.75. The van der Waals surface area contributed by atoms with Crippen LogP contribution in [0, 0.1) is 3.57 Å². The quantitative estimate of drug-likeness (QED) is 0.495. The molecule has 3 aromatic rings. The van der Waals surface area contributed by atoms with E-state index in [1.807, 2.05) is 30.3 Å². The van der Waals surface area contributed by atoms with Crippen molar-refractivity contribution in [1.82, 2.24) is 0 Å². The van der Waals surface area contributed by atoms with E-state index in [2.05, 4.69) is 56.7 Å². The Labute approximate surface area is 121 Å². The highest BCUT2D eigenvalue weighted by molar-refractivity contribution is 14.1. The fraction of sp³-hybridized carbons (Fsp3) is 0. The van der Waals surface area contributed by atoms with Gasteiger partial charge in [0.1, 0.15) is 11.3 Å². The van der Waals surface area contributed by atoms with Crippen molar-refractivity contribution in [3.63, 3.8) is 0 Å². The molecule has 84 valence electrons. The maximum Gasteiger partial charge on any atom is 0.148 e. The van der Waals surface area contributed by atoms with Crippen LogP contribution in [0.3, 0.4) is 0 Å². The predicted octanol–water partition coefficient (Wildman–Crippen LogP) is 5.47. The van der Waals surface area contributed by atoms with Crippen LogP contribution in [0.1, 0.15) is 0 Å². The zero-order valence-electron chi connectivity index (χ0n) is 8.78. The molecule has 3 heteroatoms. The van der Waals surface area contributed by atoms with Crippen molar-refractivity contribution in [1.29, 1.82) is 0 Å². The van der Waals surface area contributed by atoms with Crippen LogP contribution in [0.2, 0.25) is 0 Å². The van der Waals surface area contributed by atoms with Crippen LogP contribution in [0.4, 0.5) is 0 Å². The van der Waals surface area contributed by atoms with Crippen molar-refractivity contribution in [2.24, 2.45) is 0 Å². The van der Waals surface area contributed by atoms with Gasteiger partial charge in [-0.3, -0.25) is 0 Å². The fourth-order valence-corrected chi connectivity index (χ4v) is 3.02. The summed E-state index contributed by atoms with van der Waals surface area (Å²) in [6, 6.07) is 16.3. The van der Waals surface area contributed by atoms with Gasteiger partial charge in [0.15, 0.2) is 0 Å². The Bertz CT molecular complexity index is 673. The van der Waals surface area contributed by atoms with Gasteiger partial charge in [-0.1, -0.05) is 46.3 Å². The maximum atomic E-state index is 5.91. The largest absolute Gasteiger partial charge is 0.455 e. The second kappa shape index (κ2) is 4.46. The van der Waals surface area contributed by atoms with Crippen LogP contribution in [-0.2, 0) is 0 Å². The summed E-state index contributed by atoms with van der Waals surface area (Å²) in [4.78, 5) is 0. The number of furan rings is 1. The molecular formula is C14H8BrIO. The summed E-state index contributed by atoms with van der Waals surface area (Å²) in [6.07, 6.45) is 0. The minimum atomic E-state index is 0.927. The highest BCUT2D eigenvalue weighted by Crippen LogP contribution is 2.35. The normalized spacial score (nSPS) is 10.9. The van der Waals surface area contributed by atoms with E-state index in [0.717, 1.165) is 30.3 Å². The molecule has 0 aliphatic carbocycles. The van der Waals surface area contributed by atoms with Crippen LogP contribution < -0.4 is 0 Å². The molecule has 1 nitrogen and oxygen atoms in total. The molecule has 0 aliphatic heterocycles. The Kier molecular flexibility index (Phi) is 2.96. The van der Waals surface area contributed by atoms with Crippen molar-refractivity contribution in [2.45, 2.75) is 0 Å². The number of rotatable bonds is 1. The summed E-state index contributed by atoms with van der Waals surface area (Å²) in [5, 5.41) is 1.15. The fourth-order valence-electron chi connectivity index (χ4n) is 1.81. The van der Waals surface area contributed by atoms with Gasteiger partial charge in [0.2, 0.25) is 0 Å². The van der Waals surface area contributed by atoms with Gasteiger partial charge >= 0.3 is 0 Å². The Balaban J connectivity index is 2.28. The lowest BCUT2D eigenvalue weighted by Gasteiger charge is -1.95. The molecule has 0 atom stereocenters. The monoisotopic (exact) mass is 398 g/mol. The Hall–Kier alpha value is -0.810. The predicted molar refractivity (Wildman–Crippen MR) is 82.1 cm³/mol. The number of hydrogen-bond acceptors (Lipinski definition) is 1. The summed E-state index contributed by atoms with van der Waals surface area (Å²) in [5.74, 6) is 0.944. The smallest absolute Gasteiger partial charge is 0.148 e. The first kappa shape index (κ1) is 11.3. The van der Waals surface area contributed by atoms with Gasteiger partial charge in [-0.25, -0.2) is 0 Å². The van der Waals surface area contributed by atoms with Gasteiger partial charge in [-0.15, -0.1) is 0 Å². The molecule has 0 fully saturated rings. The Morgan fingerprint density at radius 2 is 1.76 bits per heavy atom. The first-order valence-electron chi connectivity index (χ1n) is 5.18. The van der Waals surface area contributed by atoms with Crippen molar-refractivity contribution >= 4 is 49.5 Å². The second-order valence-corrected chi connectivity index (χ2v) is 5.75. The highest BCUT2D eigenvalue weighted by atomic mass is 127. The van der Waals surface area contributed by atoms with Gasteiger partial charge in [0.25, 0.3) is 0 Å². The van der Waals surface area contributed by atoms with Crippen molar-refractivity contribution in [2.75, 3.05) is 0 Å². The first-order valence-corrected chi connectivity index (χ1v) is 7.06. The lowest BCUT2D eigenvalue weighted by molar-refractivity contribution is 0.629. The van der Waals surface area contributed by atoms with Crippen molar-refractivity contribution in [3.05, 3.63) is 56.6 Å². The SMILES string of the molecule is Brc1ccc2oc(-c3ccccc3)c(I)c2c1. The topological polar surface area (TPSA) is 13.1 Å². The number of hydrogen-bond donors (Lipinski definition) is 0. The van der Waals surface area contributed by atoms with E-state index < -0.39 is 0 Å². The van der Waals surface area contributed by atoms with Crippen molar-refractivity contribution in [3.8, 4) is 11.3 Å². The summed E-state index contributed by atoms with van der Waals surface area (Å²) in [7, 11) is 0. The number of benzene rings is 2. The number of fused-ring (bicyclic) bond motifs is 1. The third-order valence-electron chi connectivity index (χ3n) is 2.63. The molecule has 1 heterocycles. The maximum absolute atomic E-state index is 5.91. The zero-order valence-corrected chi connectivity index (χ0v) is 12.5.